The lowest BCUT2D eigenvalue weighted by Gasteiger charge is -2.29. The normalized spacial score (nSPS) is 18.1. The third kappa shape index (κ3) is 5.31. The molecule has 0 aliphatic carbocycles. The summed E-state index contributed by atoms with van der Waals surface area (Å²) in [7, 11) is 1.50. The minimum Gasteiger partial charge on any atom is -0.444 e. The van der Waals surface area contributed by atoms with Crippen LogP contribution < -0.4 is 10.2 Å². The third-order valence-electron chi connectivity index (χ3n) is 5.48. The zero-order valence-electron chi connectivity index (χ0n) is 20.1. The molecule has 1 fully saturated rings. The average molecular weight is 488 g/mol. The van der Waals surface area contributed by atoms with Gasteiger partial charge in [0.25, 0.3) is 5.91 Å². The predicted molar refractivity (Wildman–Crippen MR) is 125 cm³/mol. The number of amides is 2. The first-order chi connectivity index (χ1) is 16.4. The molecule has 12 heteroatoms. The van der Waals surface area contributed by atoms with E-state index in [9.17, 15) is 18.4 Å². The number of pyridine rings is 1. The molecule has 186 valence electrons. The number of ether oxygens (including phenoxy) is 1. The van der Waals surface area contributed by atoms with Crippen LogP contribution in [-0.2, 0) is 4.74 Å². The number of likely N-dealkylation sites (N-methyl/N-ethyl adjacent to an activating group) is 1. The standard InChI is InChI=1S/C23H27F2N7O3/c1-13-9-32-10-14(6-15(24)20(32)28-13)29-21(33)17-7-27-19(8-26-17)31-11-16(25)18(12-31)30(5)22(34)35-23(2,3)4/h6-10,16,18H,11-12H2,1-5H3,(H,29,33)/t16-,18+/m0/s1. The van der Waals surface area contributed by atoms with Crippen molar-refractivity contribution in [3.63, 3.8) is 0 Å². The molecule has 0 radical (unpaired) electrons. The van der Waals surface area contributed by atoms with Gasteiger partial charge in [0.15, 0.2) is 11.5 Å². The molecule has 0 spiro atoms. The lowest BCUT2D eigenvalue weighted by atomic mass is 10.2. The zero-order valence-corrected chi connectivity index (χ0v) is 20.1. The molecule has 2 amide bonds. The Morgan fingerprint density at radius 3 is 2.60 bits per heavy atom. The van der Waals surface area contributed by atoms with Crippen molar-refractivity contribution in [2.24, 2.45) is 0 Å². The Morgan fingerprint density at radius 2 is 1.94 bits per heavy atom. The number of nitrogens with one attached hydrogen (secondary N) is 1. The summed E-state index contributed by atoms with van der Waals surface area (Å²) < 4.78 is 35.8. The van der Waals surface area contributed by atoms with Crippen LogP contribution in [0.5, 0.6) is 0 Å². The number of hydrogen-bond acceptors (Lipinski definition) is 7. The van der Waals surface area contributed by atoms with Gasteiger partial charge in [0.05, 0.1) is 36.4 Å². The van der Waals surface area contributed by atoms with Gasteiger partial charge in [-0.1, -0.05) is 0 Å². The highest BCUT2D eigenvalue weighted by Crippen LogP contribution is 2.24. The molecule has 1 aliphatic heterocycles. The van der Waals surface area contributed by atoms with E-state index >= 15 is 0 Å². The Morgan fingerprint density at radius 1 is 1.20 bits per heavy atom. The zero-order chi connectivity index (χ0) is 25.5. The van der Waals surface area contributed by atoms with Crippen LogP contribution in [0.3, 0.4) is 0 Å². The Kier molecular flexibility index (Phi) is 6.30. The summed E-state index contributed by atoms with van der Waals surface area (Å²) in [6.45, 7) is 7.18. The van der Waals surface area contributed by atoms with Crippen LogP contribution in [0.15, 0.2) is 30.9 Å². The van der Waals surface area contributed by atoms with Crippen LogP contribution in [0, 0.1) is 12.7 Å². The highest BCUT2D eigenvalue weighted by atomic mass is 19.1. The van der Waals surface area contributed by atoms with Gasteiger partial charge in [-0.25, -0.2) is 28.5 Å². The lowest BCUT2D eigenvalue weighted by molar-refractivity contribution is 0.0183. The molecule has 4 rings (SSSR count). The van der Waals surface area contributed by atoms with Crippen molar-refractivity contribution in [3.8, 4) is 0 Å². The number of imidazole rings is 1. The predicted octanol–water partition coefficient (Wildman–Crippen LogP) is 3.22. The van der Waals surface area contributed by atoms with Gasteiger partial charge in [-0.2, -0.15) is 0 Å². The highest BCUT2D eigenvalue weighted by molar-refractivity contribution is 6.02. The third-order valence-corrected chi connectivity index (χ3v) is 5.48. The Bertz CT molecular complexity index is 1260. The van der Waals surface area contributed by atoms with E-state index in [1.165, 1.54) is 34.8 Å². The van der Waals surface area contributed by atoms with Gasteiger partial charge in [0.2, 0.25) is 0 Å². The maximum Gasteiger partial charge on any atom is 0.410 e. The Balaban J connectivity index is 1.41. The number of carbonyl (C=O) groups excluding carboxylic acids is 2. The monoisotopic (exact) mass is 487 g/mol. The van der Waals surface area contributed by atoms with E-state index in [0.717, 1.165) is 0 Å². The van der Waals surface area contributed by atoms with Gasteiger partial charge >= 0.3 is 6.09 Å². The van der Waals surface area contributed by atoms with Gasteiger partial charge in [0, 0.05) is 32.1 Å². The fraction of sp³-hybridized carbons (Fsp3) is 0.435. The van der Waals surface area contributed by atoms with E-state index < -0.39 is 35.6 Å². The molecule has 0 bridgehead atoms. The number of fused-ring (bicyclic) bond motifs is 1. The summed E-state index contributed by atoms with van der Waals surface area (Å²) in [6.07, 6.45) is 3.90. The SMILES string of the molecule is Cc1cn2cc(NC(=O)c3cnc(N4C[C@@H](N(C)C(=O)OC(C)(C)C)[C@@H](F)C4)cn3)cc(F)c2n1. The molecule has 0 aromatic carbocycles. The second-order valence-corrected chi connectivity index (χ2v) is 9.48. The van der Waals surface area contributed by atoms with Crippen molar-refractivity contribution >= 4 is 29.2 Å². The molecule has 0 unspecified atom stereocenters. The van der Waals surface area contributed by atoms with E-state index in [-0.39, 0.29) is 30.1 Å². The molecule has 3 aromatic heterocycles. The first kappa shape index (κ1) is 24.3. The van der Waals surface area contributed by atoms with Gasteiger partial charge in [-0.3, -0.25) is 4.79 Å². The van der Waals surface area contributed by atoms with Crippen LogP contribution in [0.1, 0.15) is 37.0 Å². The lowest BCUT2D eigenvalue weighted by Crippen LogP contribution is -2.45. The summed E-state index contributed by atoms with van der Waals surface area (Å²) in [4.78, 5) is 40.3. The van der Waals surface area contributed by atoms with E-state index in [1.807, 2.05) is 0 Å². The first-order valence-electron chi connectivity index (χ1n) is 11.0. The van der Waals surface area contributed by atoms with Crippen molar-refractivity contribution < 1.29 is 23.1 Å². The van der Waals surface area contributed by atoms with Gasteiger partial charge in [-0.15, -0.1) is 0 Å². The van der Waals surface area contributed by atoms with Gasteiger partial charge in [0.1, 0.15) is 23.3 Å². The summed E-state index contributed by atoms with van der Waals surface area (Å²) in [5, 5.41) is 2.59. The minimum atomic E-state index is -1.31. The number of nitrogens with zero attached hydrogens (tertiary/aromatic N) is 6. The number of alkyl halides is 1. The number of aryl methyl sites for hydroxylation is 1. The molecule has 3 aromatic rings. The van der Waals surface area contributed by atoms with E-state index in [2.05, 4.69) is 20.3 Å². The van der Waals surface area contributed by atoms with Crippen LogP contribution in [-0.4, -0.2) is 74.2 Å². The largest absolute Gasteiger partial charge is 0.444 e. The Labute approximate surface area is 200 Å². The Hall–Kier alpha value is -3.83. The number of hydrogen-bond donors (Lipinski definition) is 1. The van der Waals surface area contributed by atoms with E-state index in [1.54, 1.807) is 45.0 Å². The molecule has 1 saturated heterocycles. The number of halogens is 2. The fourth-order valence-corrected chi connectivity index (χ4v) is 3.81. The topological polar surface area (TPSA) is 105 Å². The highest BCUT2D eigenvalue weighted by Gasteiger charge is 2.39. The number of aromatic nitrogens is 4. The molecule has 2 atom stereocenters. The van der Waals surface area contributed by atoms with Gasteiger partial charge < -0.3 is 24.3 Å². The maximum atomic E-state index is 14.7. The molecule has 1 N–H and O–H groups in total. The number of carbonyl (C=O) groups is 2. The van der Waals surface area contributed by atoms with E-state index in [4.69, 9.17) is 4.74 Å². The number of anilines is 2. The minimum absolute atomic E-state index is 0.00878. The van der Waals surface area contributed by atoms with Crippen LogP contribution >= 0.6 is 0 Å². The molecular formula is C23H27F2N7O3. The van der Waals surface area contributed by atoms with Crippen molar-refractivity contribution in [1.29, 1.82) is 0 Å². The molecule has 4 heterocycles. The van der Waals surface area contributed by atoms with Gasteiger partial charge in [-0.05, 0) is 27.7 Å². The van der Waals surface area contributed by atoms with Crippen LogP contribution in [0.25, 0.3) is 5.65 Å². The molecule has 1 aliphatic rings. The summed E-state index contributed by atoms with van der Waals surface area (Å²) in [6, 6.07) is 0.459. The summed E-state index contributed by atoms with van der Waals surface area (Å²) in [5.74, 6) is -0.782. The van der Waals surface area contributed by atoms with Crippen LogP contribution in [0.4, 0.5) is 25.1 Å². The fourth-order valence-electron chi connectivity index (χ4n) is 3.81. The van der Waals surface area contributed by atoms with E-state index in [0.29, 0.717) is 11.5 Å². The molecule has 0 saturated carbocycles. The van der Waals surface area contributed by atoms with Crippen molar-refractivity contribution in [2.45, 2.75) is 45.5 Å². The second-order valence-electron chi connectivity index (χ2n) is 9.48. The molecule has 10 nitrogen and oxygen atoms in total. The molecule has 35 heavy (non-hydrogen) atoms. The van der Waals surface area contributed by atoms with Crippen molar-refractivity contribution in [2.75, 3.05) is 30.4 Å². The van der Waals surface area contributed by atoms with Crippen LogP contribution in [0.2, 0.25) is 0 Å². The summed E-state index contributed by atoms with van der Waals surface area (Å²) in [5.41, 5.74) is 0.362. The van der Waals surface area contributed by atoms with Crippen molar-refractivity contribution in [1.82, 2.24) is 24.3 Å². The average Bonchev–Trinajstić information content (AvgIpc) is 3.34. The maximum absolute atomic E-state index is 14.7. The quantitative estimate of drug-likeness (QED) is 0.603. The smallest absolute Gasteiger partial charge is 0.410 e. The molecular weight excluding hydrogens is 460 g/mol. The summed E-state index contributed by atoms with van der Waals surface area (Å²) >= 11 is 0. The van der Waals surface area contributed by atoms with Crippen molar-refractivity contribution in [3.05, 3.63) is 48.1 Å². The number of rotatable bonds is 4. The second kappa shape index (κ2) is 9.08. The first-order valence-corrected chi connectivity index (χ1v) is 11.0.